The molecule has 1 N–H and O–H groups in total. The maximum atomic E-state index is 11.9. The summed E-state index contributed by atoms with van der Waals surface area (Å²) in [5.74, 6) is 1.05. The second-order valence-corrected chi connectivity index (χ2v) is 5.69. The number of nitrogens with one attached hydrogen (secondary N) is 1. The molecule has 0 saturated heterocycles. The number of fused-ring (bicyclic) bond motifs is 1. The molecule has 1 aromatic rings. The van der Waals surface area contributed by atoms with Crippen LogP contribution in [0, 0.1) is 6.92 Å². The zero-order valence-corrected chi connectivity index (χ0v) is 12.1. The highest BCUT2D eigenvalue weighted by Crippen LogP contribution is 2.26. The Labute approximate surface area is 112 Å². The SMILES string of the molecule is C=CCc1c(C)[n+]2c([nH]c1=O)SCC2CI. The van der Waals surface area contributed by atoms with Crippen molar-refractivity contribution in [2.45, 2.75) is 24.5 Å². The van der Waals surface area contributed by atoms with Gasteiger partial charge in [-0.3, -0.25) is 0 Å². The maximum absolute atomic E-state index is 11.9. The fourth-order valence-electron chi connectivity index (χ4n) is 1.99. The largest absolute Gasteiger partial charge is 0.339 e. The van der Waals surface area contributed by atoms with E-state index in [4.69, 9.17) is 0 Å². The topological polar surface area (TPSA) is 36.7 Å². The summed E-state index contributed by atoms with van der Waals surface area (Å²) in [5, 5.41) is 0.997. The first kappa shape index (κ1) is 12.2. The van der Waals surface area contributed by atoms with Crippen LogP contribution in [-0.4, -0.2) is 15.2 Å². The van der Waals surface area contributed by atoms with Crippen molar-refractivity contribution in [3.63, 3.8) is 0 Å². The van der Waals surface area contributed by atoms with Crippen molar-refractivity contribution in [1.82, 2.24) is 4.98 Å². The molecular formula is C11H14IN2OS+. The Bertz CT molecular complexity index is 484. The van der Waals surface area contributed by atoms with E-state index >= 15 is 0 Å². The Morgan fingerprint density at radius 3 is 3.12 bits per heavy atom. The number of nitrogens with zero attached hydrogens (tertiary/aromatic N) is 1. The summed E-state index contributed by atoms with van der Waals surface area (Å²) in [5.41, 5.74) is 1.96. The van der Waals surface area contributed by atoms with Crippen LogP contribution in [0.4, 0.5) is 0 Å². The van der Waals surface area contributed by atoms with Gasteiger partial charge in [0.15, 0.2) is 0 Å². The molecule has 0 radical (unpaired) electrons. The van der Waals surface area contributed by atoms with Gasteiger partial charge in [0.2, 0.25) is 0 Å². The van der Waals surface area contributed by atoms with Crippen molar-refractivity contribution < 1.29 is 4.57 Å². The van der Waals surface area contributed by atoms with Crippen LogP contribution in [0.25, 0.3) is 0 Å². The zero-order valence-electron chi connectivity index (χ0n) is 9.12. The van der Waals surface area contributed by atoms with Gasteiger partial charge >= 0.3 is 10.7 Å². The van der Waals surface area contributed by atoms with E-state index in [1.165, 1.54) is 0 Å². The van der Waals surface area contributed by atoms with Crippen LogP contribution in [0.2, 0.25) is 0 Å². The predicted molar refractivity (Wildman–Crippen MR) is 74.5 cm³/mol. The van der Waals surface area contributed by atoms with Crippen LogP contribution in [0.15, 0.2) is 22.6 Å². The Balaban J connectivity index is 2.60. The highest BCUT2D eigenvalue weighted by molar-refractivity contribution is 14.1. The average Bonchev–Trinajstić information content (AvgIpc) is 2.67. The molecule has 0 saturated carbocycles. The van der Waals surface area contributed by atoms with Crippen LogP contribution >= 0.6 is 34.4 Å². The van der Waals surface area contributed by atoms with Crippen LogP contribution in [0.1, 0.15) is 17.3 Å². The summed E-state index contributed by atoms with van der Waals surface area (Å²) >= 11 is 4.13. The number of thioether (sulfide) groups is 1. The first-order chi connectivity index (χ1) is 7.69. The Hall–Kier alpha value is -0.300. The second kappa shape index (κ2) is 4.91. The first-order valence-corrected chi connectivity index (χ1v) is 7.67. The molecule has 1 aromatic heterocycles. The van der Waals surface area contributed by atoms with Crippen molar-refractivity contribution in [2.75, 3.05) is 10.2 Å². The molecule has 5 heteroatoms. The third kappa shape index (κ3) is 1.95. The smallest absolute Gasteiger partial charge is 0.241 e. The van der Waals surface area contributed by atoms with Crippen molar-refractivity contribution in [1.29, 1.82) is 0 Å². The molecule has 0 fully saturated rings. The van der Waals surface area contributed by atoms with E-state index < -0.39 is 0 Å². The van der Waals surface area contributed by atoms with Gasteiger partial charge in [-0.05, 0) is 18.7 Å². The van der Waals surface area contributed by atoms with Crippen LogP contribution in [0.5, 0.6) is 0 Å². The number of alkyl halides is 1. The normalized spacial score (nSPS) is 18.5. The zero-order chi connectivity index (χ0) is 11.7. The average molecular weight is 349 g/mol. The summed E-state index contributed by atoms with van der Waals surface area (Å²) in [7, 11) is 0. The second-order valence-electron chi connectivity index (χ2n) is 3.81. The lowest BCUT2D eigenvalue weighted by atomic mass is 10.1. The minimum atomic E-state index is 0.0326. The van der Waals surface area contributed by atoms with E-state index in [0.29, 0.717) is 12.5 Å². The lowest BCUT2D eigenvalue weighted by Crippen LogP contribution is -2.46. The van der Waals surface area contributed by atoms with Gasteiger partial charge in [-0.25, -0.2) is 14.3 Å². The highest BCUT2D eigenvalue weighted by atomic mass is 127. The number of hydrogen-bond acceptors (Lipinski definition) is 2. The van der Waals surface area contributed by atoms with Gasteiger partial charge in [-0.1, -0.05) is 28.7 Å². The lowest BCUT2D eigenvalue weighted by molar-refractivity contribution is -0.752. The van der Waals surface area contributed by atoms with E-state index in [1.54, 1.807) is 17.8 Å². The Kier molecular flexibility index (Phi) is 3.73. The van der Waals surface area contributed by atoms with Gasteiger partial charge in [-0.2, -0.15) is 0 Å². The van der Waals surface area contributed by atoms with E-state index in [-0.39, 0.29) is 5.56 Å². The molecule has 0 aromatic carbocycles. The third-order valence-electron chi connectivity index (χ3n) is 2.82. The number of H-pyrrole nitrogens is 1. The molecule has 1 unspecified atom stereocenters. The minimum absolute atomic E-state index is 0.0326. The number of allylic oxidation sites excluding steroid dienone is 1. The molecule has 1 atom stereocenters. The molecule has 16 heavy (non-hydrogen) atoms. The monoisotopic (exact) mass is 349 g/mol. The molecule has 3 nitrogen and oxygen atoms in total. The lowest BCUT2D eigenvalue weighted by Gasteiger charge is -2.09. The first-order valence-electron chi connectivity index (χ1n) is 5.16. The minimum Gasteiger partial charge on any atom is -0.241 e. The van der Waals surface area contributed by atoms with Crippen molar-refractivity contribution in [3.8, 4) is 0 Å². The number of aromatic amines is 1. The molecule has 1 aliphatic heterocycles. The fraction of sp³-hybridized carbons (Fsp3) is 0.455. The molecule has 2 heterocycles. The summed E-state index contributed by atoms with van der Waals surface area (Å²) in [6, 6.07) is 0.501. The van der Waals surface area contributed by atoms with E-state index in [2.05, 4.69) is 38.7 Å². The van der Waals surface area contributed by atoms with Crippen molar-refractivity contribution in [3.05, 3.63) is 34.3 Å². The van der Waals surface area contributed by atoms with Crippen LogP contribution in [-0.2, 0) is 6.42 Å². The van der Waals surface area contributed by atoms with E-state index in [1.807, 2.05) is 6.92 Å². The molecule has 2 rings (SSSR count). The quantitative estimate of drug-likeness (QED) is 0.297. The standard InChI is InChI=1S/C11H13IN2OS/c1-3-4-9-7(2)14-8(5-12)6-16-11(14)13-10(9)15/h3,8H,1,4-6H2,2H3/p+1. The summed E-state index contributed by atoms with van der Waals surface area (Å²) in [4.78, 5) is 14.8. The predicted octanol–water partition coefficient (Wildman–Crippen LogP) is 1.78. The third-order valence-corrected chi connectivity index (χ3v) is 4.96. The van der Waals surface area contributed by atoms with Crippen molar-refractivity contribution >= 4 is 34.4 Å². The van der Waals surface area contributed by atoms with Gasteiger partial charge in [0.05, 0.1) is 5.56 Å². The molecule has 0 amide bonds. The number of rotatable bonds is 3. The number of hydrogen-bond donors (Lipinski definition) is 1. The fourth-order valence-corrected chi connectivity index (χ4v) is 4.32. The van der Waals surface area contributed by atoms with E-state index in [0.717, 1.165) is 26.6 Å². The molecule has 86 valence electrons. The van der Waals surface area contributed by atoms with Gasteiger partial charge in [0.25, 0.3) is 0 Å². The summed E-state index contributed by atoms with van der Waals surface area (Å²) < 4.78 is 3.33. The summed E-state index contributed by atoms with van der Waals surface area (Å²) in [6.07, 6.45) is 2.42. The van der Waals surface area contributed by atoms with Gasteiger partial charge in [-0.15, -0.1) is 6.58 Å². The van der Waals surface area contributed by atoms with Gasteiger partial charge < -0.3 is 0 Å². The molecule has 0 spiro atoms. The van der Waals surface area contributed by atoms with E-state index in [9.17, 15) is 4.79 Å². The molecular weight excluding hydrogens is 335 g/mol. The maximum Gasteiger partial charge on any atom is 0.339 e. The Morgan fingerprint density at radius 1 is 1.75 bits per heavy atom. The Morgan fingerprint density at radius 2 is 2.50 bits per heavy atom. The number of halogens is 1. The van der Waals surface area contributed by atoms with Crippen molar-refractivity contribution in [2.24, 2.45) is 0 Å². The van der Waals surface area contributed by atoms with Gasteiger partial charge in [0.1, 0.15) is 11.7 Å². The number of aromatic nitrogens is 2. The van der Waals surface area contributed by atoms with Gasteiger partial charge in [0, 0.05) is 16.6 Å². The summed E-state index contributed by atoms with van der Waals surface area (Å²) in [6.45, 7) is 5.73. The van der Waals surface area contributed by atoms with Crippen LogP contribution < -0.4 is 10.1 Å². The van der Waals surface area contributed by atoms with Crippen LogP contribution in [0.3, 0.4) is 0 Å². The molecule has 0 aliphatic carbocycles. The highest BCUT2D eigenvalue weighted by Gasteiger charge is 2.32. The molecule has 0 bridgehead atoms. The molecule has 1 aliphatic rings.